The number of likely N-dealkylation sites (tertiary alicyclic amines) is 1. The molecule has 7 nitrogen and oxygen atoms in total. The summed E-state index contributed by atoms with van der Waals surface area (Å²) < 4.78 is 11.3. The normalized spacial score (nSPS) is 14.5. The van der Waals surface area contributed by atoms with Gasteiger partial charge in [0.2, 0.25) is 17.7 Å². The zero-order chi connectivity index (χ0) is 24.1. The Hall–Kier alpha value is -3.61. The quantitative estimate of drug-likeness (QED) is 0.495. The second-order valence-electron chi connectivity index (χ2n) is 8.98. The van der Waals surface area contributed by atoms with E-state index in [0.29, 0.717) is 49.2 Å². The summed E-state index contributed by atoms with van der Waals surface area (Å²) >= 11 is 0. The lowest BCUT2D eigenvalue weighted by Crippen LogP contribution is -2.45. The molecular weight excluding hydrogens is 430 g/mol. The van der Waals surface area contributed by atoms with Crippen molar-refractivity contribution in [2.24, 2.45) is 5.92 Å². The van der Waals surface area contributed by atoms with E-state index in [1.165, 1.54) is 0 Å². The maximum absolute atomic E-state index is 13.0. The van der Waals surface area contributed by atoms with Gasteiger partial charge in [-0.15, -0.1) is 0 Å². The Bertz CT molecular complexity index is 1160. The number of hydrogen-bond acceptors (Lipinski definition) is 5. The maximum atomic E-state index is 13.0. The fraction of sp³-hybridized carbons (Fsp3) is 0.370. The number of carbonyl (C=O) groups excluding carboxylic acids is 2. The molecule has 178 valence electrons. The Labute approximate surface area is 200 Å². The highest BCUT2D eigenvalue weighted by Crippen LogP contribution is 2.25. The smallest absolute Gasteiger partial charge is 0.247 e. The summed E-state index contributed by atoms with van der Waals surface area (Å²) in [6, 6.07) is 16.6. The first-order valence-electron chi connectivity index (χ1n) is 11.7. The fourth-order valence-electron chi connectivity index (χ4n) is 4.29. The molecule has 1 N–H and O–H groups in total. The zero-order valence-corrected chi connectivity index (χ0v) is 19.9. The molecular formula is C27H31N3O4. The number of fused-ring (bicyclic) bond motifs is 1. The Morgan fingerprint density at radius 1 is 1.15 bits per heavy atom. The van der Waals surface area contributed by atoms with E-state index in [4.69, 9.17) is 9.47 Å². The summed E-state index contributed by atoms with van der Waals surface area (Å²) in [5.41, 5.74) is 2.51. The van der Waals surface area contributed by atoms with Gasteiger partial charge < -0.3 is 19.7 Å². The third-order valence-corrected chi connectivity index (χ3v) is 5.99. The van der Waals surface area contributed by atoms with E-state index in [2.05, 4.69) is 24.1 Å². The molecule has 1 unspecified atom stereocenters. The molecule has 0 spiro atoms. The molecule has 1 aliphatic heterocycles. The number of anilines is 1. The molecule has 1 atom stereocenters. The second-order valence-corrected chi connectivity index (χ2v) is 8.98. The number of carbonyl (C=O) groups is 2. The van der Waals surface area contributed by atoms with Crippen molar-refractivity contribution < 1.29 is 19.1 Å². The third kappa shape index (κ3) is 5.47. The molecule has 0 bridgehead atoms. The lowest BCUT2D eigenvalue weighted by atomic mass is 10.0. The SMILES string of the molecule is COc1cc(COc2ccc(NC(=O)C(CC(C)C)N3CCCC3=O)cc2)c2ccccc2n1. The minimum atomic E-state index is -0.444. The highest BCUT2D eigenvalue weighted by molar-refractivity contribution is 5.97. The first-order chi connectivity index (χ1) is 16.4. The highest BCUT2D eigenvalue weighted by atomic mass is 16.5. The van der Waals surface area contributed by atoms with Gasteiger partial charge >= 0.3 is 0 Å². The number of pyridine rings is 1. The lowest BCUT2D eigenvalue weighted by Gasteiger charge is -2.28. The highest BCUT2D eigenvalue weighted by Gasteiger charge is 2.33. The number of benzene rings is 2. The monoisotopic (exact) mass is 461 g/mol. The van der Waals surface area contributed by atoms with E-state index in [1.54, 1.807) is 12.0 Å². The van der Waals surface area contributed by atoms with Crippen LogP contribution in [0, 0.1) is 5.92 Å². The number of ether oxygens (including phenoxy) is 2. The fourth-order valence-corrected chi connectivity index (χ4v) is 4.29. The first kappa shape index (κ1) is 23.5. The first-order valence-corrected chi connectivity index (χ1v) is 11.7. The van der Waals surface area contributed by atoms with Crippen LogP contribution in [-0.2, 0) is 16.2 Å². The van der Waals surface area contributed by atoms with Crippen LogP contribution in [0.3, 0.4) is 0 Å². The predicted octanol–water partition coefficient (Wildman–Crippen LogP) is 4.80. The topological polar surface area (TPSA) is 80.8 Å². The van der Waals surface area contributed by atoms with Crippen LogP contribution in [0.2, 0.25) is 0 Å². The molecule has 2 aromatic carbocycles. The van der Waals surface area contributed by atoms with Crippen LogP contribution in [0.15, 0.2) is 54.6 Å². The Morgan fingerprint density at radius 2 is 1.91 bits per heavy atom. The van der Waals surface area contributed by atoms with E-state index in [0.717, 1.165) is 22.9 Å². The number of amides is 2. The van der Waals surface area contributed by atoms with Crippen molar-refractivity contribution in [3.05, 3.63) is 60.2 Å². The van der Waals surface area contributed by atoms with Gasteiger partial charge in [-0.05, 0) is 49.1 Å². The van der Waals surface area contributed by atoms with Crippen LogP contribution in [0.1, 0.15) is 38.7 Å². The van der Waals surface area contributed by atoms with Gasteiger partial charge in [0.05, 0.1) is 12.6 Å². The number of nitrogens with one attached hydrogen (secondary N) is 1. The molecule has 1 aromatic heterocycles. The average Bonchev–Trinajstić information content (AvgIpc) is 3.26. The van der Waals surface area contributed by atoms with Gasteiger partial charge in [-0.25, -0.2) is 4.98 Å². The number of para-hydroxylation sites is 1. The van der Waals surface area contributed by atoms with Crippen LogP contribution in [-0.4, -0.2) is 41.4 Å². The van der Waals surface area contributed by atoms with Gasteiger partial charge in [0.1, 0.15) is 18.4 Å². The van der Waals surface area contributed by atoms with Crippen molar-refractivity contribution in [3.8, 4) is 11.6 Å². The van der Waals surface area contributed by atoms with Gasteiger partial charge in [-0.2, -0.15) is 0 Å². The van der Waals surface area contributed by atoms with Crippen LogP contribution in [0.5, 0.6) is 11.6 Å². The predicted molar refractivity (Wildman–Crippen MR) is 132 cm³/mol. The van der Waals surface area contributed by atoms with Crippen molar-refractivity contribution in [1.82, 2.24) is 9.88 Å². The number of nitrogens with zero attached hydrogens (tertiary/aromatic N) is 2. The Balaban J connectivity index is 1.42. The summed E-state index contributed by atoms with van der Waals surface area (Å²) in [6.07, 6.45) is 1.97. The number of methoxy groups -OCH3 is 1. The summed E-state index contributed by atoms with van der Waals surface area (Å²) in [5, 5.41) is 3.99. The molecule has 1 aliphatic rings. The number of aromatic nitrogens is 1. The van der Waals surface area contributed by atoms with Crippen molar-refractivity contribution in [2.45, 2.75) is 45.8 Å². The summed E-state index contributed by atoms with van der Waals surface area (Å²) in [4.78, 5) is 31.4. The molecule has 1 fully saturated rings. The third-order valence-electron chi connectivity index (χ3n) is 5.99. The molecule has 0 saturated carbocycles. The molecule has 2 amide bonds. The van der Waals surface area contributed by atoms with Crippen LogP contribution in [0.4, 0.5) is 5.69 Å². The van der Waals surface area contributed by atoms with Crippen molar-refractivity contribution in [1.29, 1.82) is 0 Å². The van der Waals surface area contributed by atoms with Gasteiger partial charge in [-0.1, -0.05) is 32.0 Å². The average molecular weight is 462 g/mol. The van der Waals surface area contributed by atoms with Crippen LogP contribution < -0.4 is 14.8 Å². The molecule has 2 heterocycles. The minimum Gasteiger partial charge on any atom is -0.489 e. The lowest BCUT2D eigenvalue weighted by molar-refractivity contribution is -0.135. The Morgan fingerprint density at radius 3 is 2.59 bits per heavy atom. The van der Waals surface area contributed by atoms with Crippen LogP contribution >= 0.6 is 0 Å². The molecule has 34 heavy (non-hydrogen) atoms. The van der Waals surface area contributed by atoms with Gasteiger partial charge in [-0.3, -0.25) is 9.59 Å². The van der Waals surface area contributed by atoms with E-state index in [9.17, 15) is 9.59 Å². The standard InChI is InChI=1S/C27H31N3O4/c1-18(2)15-24(30-14-6-9-26(30)31)27(32)28-20-10-12-21(13-11-20)34-17-19-16-25(33-3)29-23-8-5-4-7-22(19)23/h4-5,7-8,10-13,16,18,24H,6,9,14-15,17H2,1-3H3,(H,28,32). The molecule has 3 aromatic rings. The van der Waals surface area contributed by atoms with Crippen LogP contribution in [0.25, 0.3) is 10.9 Å². The molecule has 0 aliphatic carbocycles. The summed E-state index contributed by atoms with van der Waals surface area (Å²) in [5.74, 6) is 1.45. The second kappa shape index (κ2) is 10.5. The molecule has 0 radical (unpaired) electrons. The van der Waals surface area contributed by atoms with E-state index < -0.39 is 6.04 Å². The van der Waals surface area contributed by atoms with E-state index in [-0.39, 0.29) is 11.8 Å². The largest absolute Gasteiger partial charge is 0.489 e. The maximum Gasteiger partial charge on any atom is 0.247 e. The van der Waals surface area contributed by atoms with Crippen molar-refractivity contribution in [2.75, 3.05) is 19.0 Å². The van der Waals surface area contributed by atoms with Gasteiger partial charge in [0.25, 0.3) is 0 Å². The summed E-state index contributed by atoms with van der Waals surface area (Å²) in [7, 11) is 1.60. The number of rotatable bonds is 9. The summed E-state index contributed by atoms with van der Waals surface area (Å²) in [6.45, 7) is 5.13. The molecule has 1 saturated heterocycles. The van der Waals surface area contributed by atoms with Crippen molar-refractivity contribution in [3.63, 3.8) is 0 Å². The minimum absolute atomic E-state index is 0.0600. The zero-order valence-electron chi connectivity index (χ0n) is 19.9. The van der Waals surface area contributed by atoms with E-state index >= 15 is 0 Å². The van der Waals surface area contributed by atoms with Crippen molar-refractivity contribution >= 4 is 28.4 Å². The molecule has 4 rings (SSSR count). The van der Waals surface area contributed by atoms with Gasteiger partial charge in [0, 0.05) is 35.7 Å². The Kier molecular flexibility index (Phi) is 7.30. The number of hydrogen-bond donors (Lipinski definition) is 1. The van der Waals surface area contributed by atoms with Gasteiger partial charge in [0.15, 0.2) is 0 Å². The van der Waals surface area contributed by atoms with E-state index in [1.807, 2.05) is 54.6 Å². The molecule has 7 heteroatoms.